The van der Waals surface area contributed by atoms with E-state index >= 15 is 0 Å². The standard InChI is InChI=1S/C24H25F3N8O3S/c1-3-14(2)34-12-18(23(36)30-13-24(25,26)27)17-10-29-21(8-19(17)34)32-20-6-7-28-22(33-20)15-9-31-35(11-15)39(37,38)16-4-5-16/h6-12,14,16H,3-5,13H2,1-2H3,(H,30,36)(H,28,29,32,33). The van der Waals surface area contributed by atoms with Crippen molar-refractivity contribution < 1.29 is 26.4 Å². The summed E-state index contributed by atoms with van der Waals surface area (Å²) < 4.78 is 65.6. The van der Waals surface area contributed by atoms with Gasteiger partial charge in [0.2, 0.25) is 0 Å². The van der Waals surface area contributed by atoms with Crippen LogP contribution in [0, 0.1) is 0 Å². The van der Waals surface area contributed by atoms with Crippen molar-refractivity contribution in [2.45, 2.75) is 50.6 Å². The highest BCUT2D eigenvalue weighted by Gasteiger charge is 2.37. The Labute approximate surface area is 221 Å². The number of hydrogen-bond donors (Lipinski definition) is 2. The molecule has 0 saturated heterocycles. The third-order valence-corrected chi connectivity index (χ3v) is 8.45. The predicted molar refractivity (Wildman–Crippen MR) is 137 cm³/mol. The second kappa shape index (κ2) is 9.94. The average Bonchev–Trinajstić information content (AvgIpc) is 3.52. The number of amides is 1. The first-order chi connectivity index (χ1) is 18.5. The number of rotatable bonds is 9. The van der Waals surface area contributed by atoms with Crippen LogP contribution in [0.2, 0.25) is 0 Å². The van der Waals surface area contributed by atoms with Crippen molar-refractivity contribution in [2.24, 2.45) is 0 Å². The summed E-state index contributed by atoms with van der Waals surface area (Å²) in [6, 6.07) is 3.25. The van der Waals surface area contributed by atoms with Crippen LogP contribution in [0.4, 0.5) is 24.8 Å². The van der Waals surface area contributed by atoms with Crippen LogP contribution >= 0.6 is 0 Å². The molecule has 1 unspecified atom stereocenters. The van der Waals surface area contributed by atoms with Gasteiger partial charge in [0.05, 0.1) is 34.3 Å². The molecule has 1 saturated carbocycles. The topological polar surface area (TPSA) is 137 Å². The van der Waals surface area contributed by atoms with Gasteiger partial charge in [-0.2, -0.15) is 22.4 Å². The fourth-order valence-corrected chi connectivity index (χ4v) is 5.48. The summed E-state index contributed by atoms with van der Waals surface area (Å²) >= 11 is 0. The lowest BCUT2D eigenvalue weighted by molar-refractivity contribution is -0.123. The van der Waals surface area contributed by atoms with E-state index in [1.54, 1.807) is 12.1 Å². The molecule has 11 nitrogen and oxygen atoms in total. The first kappa shape index (κ1) is 26.6. The maximum Gasteiger partial charge on any atom is 0.405 e. The van der Waals surface area contributed by atoms with Crippen molar-refractivity contribution >= 4 is 38.5 Å². The summed E-state index contributed by atoms with van der Waals surface area (Å²) in [6.45, 7) is 2.46. The van der Waals surface area contributed by atoms with E-state index in [-0.39, 0.29) is 17.4 Å². The number of anilines is 2. The highest BCUT2D eigenvalue weighted by Crippen LogP contribution is 2.31. The lowest BCUT2D eigenvalue weighted by atomic mass is 10.2. The summed E-state index contributed by atoms with van der Waals surface area (Å²) in [7, 11) is -3.52. The smallest absolute Gasteiger partial charge is 0.344 e. The number of carbonyl (C=O) groups is 1. The third kappa shape index (κ3) is 5.57. The van der Waals surface area contributed by atoms with Crippen molar-refractivity contribution in [3.63, 3.8) is 0 Å². The molecular formula is C24H25F3N8O3S. The normalized spacial score (nSPS) is 14.9. The van der Waals surface area contributed by atoms with Crippen molar-refractivity contribution in [3.05, 3.63) is 48.7 Å². The predicted octanol–water partition coefficient (Wildman–Crippen LogP) is 4.04. The molecule has 1 fully saturated rings. The Balaban J connectivity index is 1.42. The lowest BCUT2D eigenvalue weighted by Crippen LogP contribution is -2.33. The van der Waals surface area contributed by atoms with Gasteiger partial charge in [0.25, 0.3) is 15.9 Å². The van der Waals surface area contributed by atoms with Gasteiger partial charge in [-0.15, -0.1) is 0 Å². The maximum atomic E-state index is 12.6. The number of carbonyl (C=O) groups excluding carboxylic acids is 1. The van der Waals surface area contributed by atoms with Crippen LogP contribution in [0.5, 0.6) is 0 Å². The van der Waals surface area contributed by atoms with E-state index in [1.807, 2.05) is 23.7 Å². The molecule has 1 atom stereocenters. The molecule has 2 N–H and O–H groups in total. The SMILES string of the molecule is CCC(C)n1cc(C(=O)NCC(F)(F)F)c2cnc(Nc3ccnc(-c4cnn(S(=O)(=O)C5CC5)c4)n3)cc21. The summed E-state index contributed by atoms with van der Waals surface area (Å²) in [6.07, 6.45) is 4.64. The van der Waals surface area contributed by atoms with Crippen LogP contribution in [-0.4, -0.2) is 61.0 Å². The van der Waals surface area contributed by atoms with Gasteiger partial charge in [0.15, 0.2) is 5.82 Å². The molecule has 4 aromatic heterocycles. The average molecular weight is 563 g/mol. The third-order valence-electron chi connectivity index (χ3n) is 6.41. The molecular weight excluding hydrogens is 537 g/mol. The van der Waals surface area contributed by atoms with Crippen LogP contribution in [0.15, 0.2) is 43.1 Å². The van der Waals surface area contributed by atoms with Crippen LogP contribution in [0.25, 0.3) is 22.3 Å². The van der Waals surface area contributed by atoms with E-state index in [9.17, 15) is 26.4 Å². The Hall–Kier alpha value is -4.01. The van der Waals surface area contributed by atoms with E-state index in [0.29, 0.717) is 40.9 Å². The Kier molecular flexibility index (Phi) is 6.78. The van der Waals surface area contributed by atoms with E-state index in [4.69, 9.17) is 0 Å². The minimum absolute atomic E-state index is 0.0407. The van der Waals surface area contributed by atoms with Gasteiger partial charge in [-0.3, -0.25) is 4.79 Å². The molecule has 0 radical (unpaired) electrons. The minimum atomic E-state index is -4.53. The van der Waals surface area contributed by atoms with Gasteiger partial charge >= 0.3 is 6.18 Å². The molecule has 1 aliphatic carbocycles. The summed E-state index contributed by atoms with van der Waals surface area (Å²) in [5.41, 5.74) is 1.13. The van der Waals surface area contributed by atoms with Gasteiger partial charge in [-0.1, -0.05) is 6.92 Å². The Morgan fingerprint density at radius 1 is 1.18 bits per heavy atom. The molecule has 4 aromatic rings. The van der Waals surface area contributed by atoms with E-state index < -0.39 is 33.9 Å². The van der Waals surface area contributed by atoms with E-state index in [0.717, 1.165) is 10.5 Å². The number of aromatic nitrogens is 6. The van der Waals surface area contributed by atoms with E-state index in [1.165, 1.54) is 31.0 Å². The van der Waals surface area contributed by atoms with Crippen LogP contribution in [-0.2, 0) is 10.0 Å². The monoisotopic (exact) mass is 562 g/mol. The van der Waals surface area contributed by atoms with Gasteiger partial charge in [0.1, 0.15) is 18.2 Å². The zero-order valence-corrected chi connectivity index (χ0v) is 21.8. The molecule has 0 aromatic carbocycles. The Bertz CT molecular complexity index is 1640. The van der Waals surface area contributed by atoms with Crippen LogP contribution in [0.1, 0.15) is 49.5 Å². The van der Waals surface area contributed by atoms with Crippen molar-refractivity contribution in [1.82, 2.24) is 34.0 Å². The van der Waals surface area contributed by atoms with Gasteiger partial charge in [-0.25, -0.2) is 23.4 Å². The number of pyridine rings is 1. The number of hydrogen-bond acceptors (Lipinski definition) is 8. The lowest BCUT2D eigenvalue weighted by Gasteiger charge is -2.13. The quantitative estimate of drug-likeness (QED) is 0.312. The molecule has 0 spiro atoms. The van der Waals surface area contributed by atoms with E-state index in [2.05, 4.69) is 25.4 Å². The Morgan fingerprint density at radius 2 is 1.95 bits per heavy atom. The number of alkyl halides is 3. The maximum absolute atomic E-state index is 12.6. The number of nitrogens with zero attached hydrogens (tertiary/aromatic N) is 6. The molecule has 1 amide bonds. The molecule has 4 heterocycles. The fourth-order valence-electron chi connectivity index (χ4n) is 4.01. The number of fused-ring (bicyclic) bond motifs is 1. The summed E-state index contributed by atoms with van der Waals surface area (Å²) in [5.74, 6) is 0.162. The number of nitrogens with one attached hydrogen (secondary N) is 2. The highest BCUT2D eigenvalue weighted by molar-refractivity contribution is 7.90. The highest BCUT2D eigenvalue weighted by atomic mass is 32.2. The van der Waals surface area contributed by atoms with Crippen LogP contribution in [0.3, 0.4) is 0 Å². The molecule has 39 heavy (non-hydrogen) atoms. The molecule has 15 heteroatoms. The zero-order valence-electron chi connectivity index (χ0n) is 21.0. The van der Waals surface area contributed by atoms with Gasteiger partial charge in [-0.05, 0) is 32.3 Å². The first-order valence-corrected chi connectivity index (χ1v) is 13.7. The molecule has 206 valence electrons. The van der Waals surface area contributed by atoms with Crippen molar-refractivity contribution in [1.29, 1.82) is 0 Å². The minimum Gasteiger partial charge on any atom is -0.344 e. The first-order valence-electron chi connectivity index (χ1n) is 12.2. The summed E-state index contributed by atoms with van der Waals surface area (Å²) in [4.78, 5) is 25.5. The van der Waals surface area contributed by atoms with Gasteiger partial charge < -0.3 is 15.2 Å². The van der Waals surface area contributed by atoms with Gasteiger partial charge in [0, 0.05) is 36.1 Å². The van der Waals surface area contributed by atoms with Crippen LogP contribution < -0.4 is 10.6 Å². The largest absolute Gasteiger partial charge is 0.405 e. The zero-order chi connectivity index (χ0) is 27.9. The summed E-state index contributed by atoms with van der Waals surface area (Å²) in [5, 5.41) is 8.95. The molecule has 0 aliphatic heterocycles. The Morgan fingerprint density at radius 3 is 2.64 bits per heavy atom. The molecule has 0 bridgehead atoms. The number of halogens is 3. The molecule has 5 rings (SSSR count). The second-order valence-electron chi connectivity index (χ2n) is 9.33. The second-order valence-corrected chi connectivity index (χ2v) is 11.4. The van der Waals surface area contributed by atoms with Crippen molar-refractivity contribution in [3.8, 4) is 11.4 Å². The van der Waals surface area contributed by atoms with Crippen molar-refractivity contribution in [2.75, 3.05) is 11.9 Å². The molecule has 1 aliphatic rings. The fraction of sp³-hybridized carbons (Fsp3) is 0.375.